The summed E-state index contributed by atoms with van der Waals surface area (Å²) in [5.74, 6) is 0.881. The molecule has 1 atom stereocenters. The third-order valence-electron chi connectivity index (χ3n) is 6.97. The Hall–Kier alpha value is -3.63. The van der Waals surface area contributed by atoms with E-state index in [0.717, 1.165) is 30.5 Å². The summed E-state index contributed by atoms with van der Waals surface area (Å²) in [6, 6.07) is 6.67. The minimum absolute atomic E-state index is 0.0214. The van der Waals surface area contributed by atoms with Crippen LogP contribution in [0.25, 0.3) is 10.9 Å². The van der Waals surface area contributed by atoms with E-state index in [0.29, 0.717) is 40.9 Å². The zero-order valence-electron chi connectivity index (χ0n) is 22.7. The lowest BCUT2D eigenvalue weighted by Crippen LogP contribution is -2.30. The molecule has 210 valence electrons. The van der Waals surface area contributed by atoms with Gasteiger partial charge in [0, 0.05) is 17.1 Å². The van der Waals surface area contributed by atoms with Crippen molar-refractivity contribution in [1.82, 2.24) is 15.4 Å². The third-order valence-corrected chi connectivity index (χ3v) is 6.97. The molecule has 39 heavy (non-hydrogen) atoms. The molecule has 11 heteroatoms. The summed E-state index contributed by atoms with van der Waals surface area (Å²) in [6.07, 6.45) is -1.55. The number of hydrogen-bond donors (Lipinski definition) is 2. The van der Waals surface area contributed by atoms with Gasteiger partial charge in [0.25, 0.3) is 0 Å². The molecule has 4 rings (SSSR count). The van der Waals surface area contributed by atoms with Crippen molar-refractivity contribution in [3.63, 3.8) is 0 Å². The number of esters is 1. The van der Waals surface area contributed by atoms with Crippen molar-refractivity contribution < 1.29 is 27.4 Å². The zero-order valence-corrected chi connectivity index (χ0v) is 22.7. The number of nitrogens with one attached hydrogen (secondary N) is 1. The molecule has 8 nitrogen and oxygen atoms in total. The second-order valence-corrected chi connectivity index (χ2v) is 11.1. The number of alkyl halides is 3. The monoisotopic (exact) mass is 545 g/mol. The van der Waals surface area contributed by atoms with E-state index >= 15 is 0 Å². The minimum atomic E-state index is -4.51. The Bertz CT molecular complexity index is 1350. The molecule has 1 aliphatic carbocycles. The summed E-state index contributed by atoms with van der Waals surface area (Å²) < 4.78 is 51.3. The molecule has 1 saturated carbocycles. The molecule has 2 aromatic carbocycles. The summed E-state index contributed by atoms with van der Waals surface area (Å²) in [5, 5.41) is 16.0. The molecule has 0 unspecified atom stereocenters. The number of fused-ring (bicyclic) bond motifs is 1. The van der Waals surface area contributed by atoms with Gasteiger partial charge in [0.2, 0.25) is 0 Å². The van der Waals surface area contributed by atoms with Gasteiger partial charge in [0.05, 0.1) is 24.6 Å². The fraction of sp³-hybridized carbons (Fsp3) is 0.500. The minimum Gasteiger partial charge on any atom is -0.496 e. The summed E-state index contributed by atoms with van der Waals surface area (Å²) in [4.78, 5) is 12.6. The van der Waals surface area contributed by atoms with E-state index < -0.39 is 23.4 Å². The van der Waals surface area contributed by atoms with Crippen molar-refractivity contribution in [2.24, 2.45) is 5.92 Å². The van der Waals surface area contributed by atoms with Crippen molar-refractivity contribution in [2.45, 2.75) is 77.1 Å². The number of halogens is 3. The predicted molar refractivity (Wildman–Crippen MR) is 142 cm³/mol. The molecule has 3 N–H and O–H groups in total. The molecule has 0 amide bonds. The number of nitrogen functional groups attached to an aromatic ring is 1. The van der Waals surface area contributed by atoms with Gasteiger partial charge in [-0.25, -0.2) is 0 Å². The fourth-order valence-corrected chi connectivity index (χ4v) is 5.03. The van der Waals surface area contributed by atoms with Crippen molar-refractivity contribution in [1.29, 1.82) is 0 Å². The van der Waals surface area contributed by atoms with Crippen molar-refractivity contribution in [3.05, 3.63) is 47.0 Å². The number of carbonyl (C=O) groups is 1. The van der Waals surface area contributed by atoms with Crippen LogP contribution in [-0.2, 0) is 15.7 Å². The second-order valence-electron chi connectivity index (χ2n) is 11.1. The first kappa shape index (κ1) is 28.4. The second kappa shape index (κ2) is 10.9. The Balaban J connectivity index is 1.60. The summed E-state index contributed by atoms with van der Waals surface area (Å²) in [7, 11) is 1.59. The first-order valence-electron chi connectivity index (χ1n) is 12.9. The van der Waals surface area contributed by atoms with E-state index in [2.05, 4.69) is 20.7 Å². The molecular weight excluding hydrogens is 511 g/mol. The maximum absolute atomic E-state index is 13.3. The van der Waals surface area contributed by atoms with Crippen LogP contribution in [-0.4, -0.2) is 34.1 Å². The van der Waals surface area contributed by atoms with E-state index in [-0.39, 0.29) is 23.5 Å². The van der Waals surface area contributed by atoms with E-state index in [1.807, 2.05) is 26.8 Å². The molecule has 1 aromatic heterocycles. The molecule has 0 aliphatic heterocycles. The Morgan fingerprint density at radius 3 is 2.36 bits per heavy atom. The molecule has 0 radical (unpaired) electrons. The highest BCUT2D eigenvalue weighted by molar-refractivity contribution is 5.90. The number of rotatable bonds is 6. The highest BCUT2D eigenvalue weighted by Crippen LogP contribution is 2.42. The van der Waals surface area contributed by atoms with E-state index in [9.17, 15) is 18.0 Å². The molecule has 3 aromatic rings. The van der Waals surface area contributed by atoms with E-state index in [1.165, 1.54) is 6.07 Å². The number of carbonyl (C=O) groups excluding carboxylic acids is 1. The van der Waals surface area contributed by atoms with Crippen LogP contribution in [0.2, 0.25) is 0 Å². The van der Waals surface area contributed by atoms with Crippen molar-refractivity contribution in [3.8, 4) is 5.75 Å². The highest BCUT2D eigenvalue weighted by atomic mass is 19.4. The third kappa shape index (κ3) is 6.69. The molecule has 1 heterocycles. The lowest BCUT2D eigenvalue weighted by molar-refractivity contribution is -0.161. The van der Waals surface area contributed by atoms with Crippen LogP contribution in [0.5, 0.6) is 5.75 Å². The molecule has 1 aliphatic rings. The fourth-order valence-electron chi connectivity index (χ4n) is 5.03. The first-order chi connectivity index (χ1) is 18.2. The molecule has 0 bridgehead atoms. The number of benzene rings is 2. The summed E-state index contributed by atoms with van der Waals surface area (Å²) in [5.41, 5.74) is 6.30. The van der Waals surface area contributed by atoms with Gasteiger partial charge in [-0.15, -0.1) is 10.2 Å². The molecule has 0 saturated heterocycles. The van der Waals surface area contributed by atoms with Crippen LogP contribution < -0.4 is 15.8 Å². The van der Waals surface area contributed by atoms with Gasteiger partial charge in [0.1, 0.15) is 16.9 Å². The smallest absolute Gasteiger partial charge is 0.416 e. The van der Waals surface area contributed by atoms with E-state index in [4.69, 9.17) is 15.2 Å². The van der Waals surface area contributed by atoms with Gasteiger partial charge in [-0.05, 0) is 99.9 Å². The Morgan fingerprint density at radius 1 is 1.05 bits per heavy atom. The number of hydrogen-bond acceptors (Lipinski definition) is 8. The van der Waals surface area contributed by atoms with Crippen LogP contribution in [0.4, 0.5) is 24.7 Å². The normalized spacial score (nSPS) is 19.0. The lowest BCUT2D eigenvalue weighted by Gasteiger charge is -2.30. The van der Waals surface area contributed by atoms with E-state index in [1.54, 1.807) is 20.1 Å². The standard InChI is InChI=1S/C28H34F3N5O3/c1-15(18-10-19(28(29,30)31)12-20(32)11-18)33-25-22-13-21(24(38-5)14-23(22)34-36-35-25)16-6-8-17(9-7-16)26(37)39-27(2,3)4/h10-17H,6-9,32H2,1-5H3,(H,33,34,35)/t15-,16?,17?/m1/s1. The Morgan fingerprint density at radius 2 is 1.74 bits per heavy atom. The van der Waals surface area contributed by atoms with Gasteiger partial charge >= 0.3 is 12.1 Å². The van der Waals surface area contributed by atoms with Crippen LogP contribution in [0, 0.1) is 5.92 Å². The SMILES string of the molecule is COc1cc2nnnc(N[C@H](C)c3cc(N)cc(C(F)(F)F)c3)c2cc1C1CCC(C(=O)OC(C)(C)C)CC1. The number of methoxy groups -OCH3 is 1. The number of nitrogens with zero attached hydrogens (tertiary/aromatic N) is 3. The van der Waals surface area contributed by atoms with Gasteiger partial charge in [-0.1, -0.05) is 0 Å². The topological polar surface area (TPSA) is 112 Å². The van der Waals surface area contributed by atoms with Gasteiger partial charge in [-0.3, -0.25) is 4.79 Å². The molecular formula is C28H34F3N5O3. The number of aromatic nitrogens is 3. The predicted octanol–water partition coefficient (Wildman–Crippen LogP) is 6.42. The number of anilines is 2. The zero-order chi connectivity index (χ0) is 28.5. The van der Waals surface area contributed by atoms with Gasteiger partial charge in [-0.2, -0.15) is 13.2 Å². The largest absolute Gasteiger partial charge is 0.496 e. The lowest BCUT2D eigenvalue weighted by atomic mass is 9.78. The molecule has 0 spiro atoms. The average Bonchev–Trinajstić information content (AvgIpc) is 2.86. The maximum Gasteiger partial charge on any atom is 0.416 e. The van der Waals surface area contributed by atoms with Crippen molar-refractivity contribution in [2.75, 3.05) is 18.2 Å². The number of ether oxygens (including phenoxy) is 2. The summed E-state index contributed by atoms with van der Waals surface area (Å²) in [6.45, 7) is 7.32. The van der Waals surface area contributed by atoms with Crippen LogP contribution >= 0.6 is 0 Å². The van der Waals surface area contributed by atoms with Crippen LogP contribution in [0.1, 0.15) is 82.0 Å². The van der Waals surface area contributed by atoms with Crippen LogP contribution in [0.3, 0.4) is 0 Å². The van der Waals surface area contributed by atoms with Crippen molar-refractivity contribution >= 4 is 28.4 Å². The Labute approximate surface area is 225 Å². The quantitative estimate of drug-likeness (QED) is 0.269. The van der Waals surface area contributed by atoms with Crippen LogP contribution in [0.15, 0.2) is 30.3 Å². The average molecular weight is 546 g/mol. The summed E-state index contributed by atoms with van der Waals surface area (Å²) >= 11 is 0. The maximum atomic E-state index is 13.3. The Kier molecular flexibility index (Phi) is 7.90. The highest BCUT2D eigenvalue weighted by Gasteiger charge is 2.33. The van der Waals surface area contributed by atoms with Gasteiger partial charge in [0.15, 0.2) is 5.82 Å². The first-order valence-corrected chi connectivity index (χ1v) is 12.9. The number of nitrogens with two attached hydrogens (primary N) is 1. The van der Waals surface area contributed by atoms with Gasteiger partial charge < -0.3 is 20.5 Å². The molecule has 1 fully saturated rings.